The Kier molecular flexibility index (Phi) is 3.65. The Morgan fingerprint density at radius 3 is 2.50 bits per heavy atom. The van der Waals surface area contributed by atoms with E-state index in [9.17, 15) is 4.79 Å². The molecular formula is C16H15N3O3. The molecule has 1 N–H and O–H groups in total. The molecule has 0 fully saturated rings. The second-order valence-electron chi connectivity index (χ2n) is 4.57. The van der Waals surface area contributed by atoms with E-state index in [1.165, 1.54) is 14.2 Å². The molecule has 0 aliphatic rings. The number of hydrogen-bond donors (Lipinski definition) is 1. The maximum absolute atomic E-state index is 12.6. The van der Waals surface area contributed by atoms with Crippen LogP contribution in [0, 0.1) is 0 Å². The monoisotopic (exact) mass is 297 g/mol. The van der Waals surface area contributed by atoms with Gasteiger partial charge < -0.3 is 19.2 Å². The van der Waals surface area contributed by atoms with Crippen molar-refractivity contribution < 1.29 is 14.3 Å². The fraction of sp³-hybridized carbons (Fsp3) is 0.125. The van der Waals surface area contributed by atoms with E-state index in [4.69, 9.17) is 9.47 Å². The van der Waals surface area contributed by atoms with Crippen LogP contribution >= 0.6 is 0 Å². The molecule has 0 radical (unpaired) electrons. The fourth-order valence-corrected chi connectivity index (χ4v) is 2.31. The molecule has 6 nitrogen and oxygen atoms in total. The van der Waals surface area contributed by atoms with Crippen molar-refractivity contribution in [3.8, 4) is 11.5 Å². The summed E-state index contributed by atoms with van der Waals surface area (Å²) in [4.78, 5) is 16.9. The molecule has 0 spiro atoms. The molecule has 0 aliphatic heterocycles. The minimum absolute atomic E-state index is 0.314. The van der Waals surface area contributed by atoms with E-state index in [1.807, 2.05) is 22.9 Å². The summed E-state index contributed by atoms with van der Waals surface area (Å²) in [6, 6.07) is 8.83. The number of anilines is 1. The Labute approximate surface area is 127 Å². The number of carbonyl (C=O) groups excluding carboxylic acids is 1. The molecule has 0 saturated carbocycles. The summed E-state index contributed by atoms with van der Waals surface area (Å²) in [6.45, 7) is 0. The van der Waals surface area contributed by atoms with Gasteiger partial charge in [0.25, 0.3) is 5.91 Å². The van der Waals surface area contributed by atoms with E-state index in [2.05, 4.69) is 10.3 Å². The molecule has 1 aromatic carbocycles. The van der Waals surface area contributed by atoms with Crippen molar-refractivity contribution in [2.24, 2.45) is 0 Å². The number of aromatic nitrogens is 2. The highest BCUT2D eigenvalue weighted by molar-refractivity contribution is 6.09. The standard InChI is InChI=1S/C16H15N3O3/c1-21-12-6-3-7-13(22-2)14(12)16(20)18-11-5-4-9-19-10-8-17-15(11)19/h3-10H,1-2H3,(H,18,20). The first-order valence-electron chi connectivity index (χ1n) is 6.68. The summed E-state index contributed by atoms with van der Waals surface area (Å²) in [5.74, 6) is 0.588. The van der Waals surface area contributed by atoms with Crippen molar-refractivity contribution in [2.45, 2.75) is 0 Å². The Morgan fingerprint density at radius 2 is 1.82 bits per heavy atom. The van der Waals surface area contributed by atoms with Crippen molar-refractivity contribution in [1.82, 2.24) is 9.38 Å². The highest BCUT2D eigenvalue weighted by Gasteiger charge is 2.19. The van der Waals surface area contributed by atoms with Crippen molar-refractivity contribution in [3.63, 3.8) is 0 Å². The Balaban J connectivity index is 2.00. The lowest BCUT2D eigenvalue weighted by Gasteiger charge is -2.13. The summed E-state index contributed by atoms with van der Waals surface area (Å²) in [7, 11) is 3.03. The third-order valence-corrected chi connectivity index (χ3v) is 3.32. The average Bonchev–Trinajstić information content (AvgIpc) is 3.03. The Morgan fingerprint density at radius 1 is 1.09 bits per heavy atom. The van der Waals surface area contributed by atoms with Crippen LogP contribution in [0.3, 0.4) is 0 Å². The summed E-state index contributed by atoms with van der Waals surface area (Å²) in [5.41, 5.74) is 1.64. The van der Waals surface area contributed by atoms with E-state index in [0.717, 1.165) is 0 Å². The van der Waals surface area contributed by atoms with Gasteiger partial charge >= 0.3 is 0 Å². The second kappa shape index (κ2) is 5.77. The van der Waals surface area contributed by atoms with Crippen LogP contribution in [-0.2, 0) is 0 Å². The number of methoxy groups -OCH3 is 2. The Hall–Kier alpha value is -3.02. The number of fused-ring (bicyclic) bond motifs is 1. The average molecular weight is 297 g/mol. The summed E-state index contributed by atoms with van der Waals surface area (Å²) in [6.07, 6.45) is 5.35. The van der Waals surface area contributed by atoms with Gasteiger partial charge in [-0.25, -0.2) is 4.98 Å². The van der Waals surface area contributed by atoms with Crippen LogP contribution in [0.5, 0.6) is 11.5 Å². The predicted octanol–water partition coefficient (Wildman–Crippen LogP) is 2.60. The molecule has 112 valence electrons. The topological polar surface area (TPSA) is 64.9 Å². The predicted molar refractivity (Wildman–Crippen MR) is 82.7 cm³/mol. The molecule has 2 aromatic heterocycles. The first kappa shape index (κ1) is 13.9. The van der Waals surface area contributed by atoms with E-state index >= 15 is 0 Å². The Bertz CT molecular complexity index is 804. The molecule has 0 saturated heterocycles. The lowest BCUT2D eigenvalue weighted by molar-refractivity contribution is 0.102. The third kappa shape index (κ3) is 2.35. The normalized spacial score (nSPS) is 10.5. The highest BCUT2D eigenvalue weighted by Crippen LogP contribution is 2.29. The highest BCUT2D eigenvalue weighted by atomic mass is 16.5. The fourth-order valence-electron chi connectivity index (χ4n) is 2.31. The number of hydrogen-bond acceptors (Lipinski definition) is 4. The van der Waals surface area contributed by atoms with Crippen LogP contribution in [0.4, 0.5) is 5.69 Å². The molecule has 0 atom stereocenters. The lowest BCUT2D eigenvalue weighted by atomic mass is 10.1. The number of ether oxygens (including phenoxy) is 2. The molecule has 3 aromatic rings. The smallest absolute Gasteiger partial charge is 0.263 e. The van der Waals surface area contributed by atoms with Crippen LogP contribution < -0.4 is 14.8 Å². The number of pyridine rings is 1. The second-order valence-corrected chi connectivity index (χ2v) is 4.57. The first-order valence-corrected chi connectivity index (χ1v) is 6.68. The van der Waals surface area contributed by atoms with Gasteiger partial charge in [0.05, 0.1) is 19.9 Å². The van der Waals surface area contributed by atoms with Gasteiger partial charge in [0, 0.05) is 18.6 Å². The van der Waals surface area contributed by atoms with Gasteiger partial charge in [-0.15, -0.1) is 0 Å². The maximum Gasteiger partial charge on any atom is 0.263 e. The zero-order valence-corrected chi connectivity index (χ0v) is 12.2. The number of nitrogens with one attached hydrogen (secondary N) is 1. The van der Waals surface area contributed by atoms with Crippen LogP contribution in [0.15, 0.2) is 48.9 Å². The number of nitrogens with zero attached hydrogens (tertiary/aromatic N) is 2. The maximum atomic E-state index is 12.6. The van der Waals surface area contributed by atoms with Gasteiger partial charge in [-0.05, 0) is 24.3 Å². The molecule has 0 bridgehead atoms. The van der Waals surface area contributed by atoms with Crippen LogP contribution in [-0.4, -0.2) is 29.5 Å². The van der Waals surface area contributed by atoms with Crippen molar-refractivity contribution in [3.05, 3.63) is 54.5 Å². The number of amides is 1. The number of carbonyl (C=O) groups is 1. The van der Waals surface area contributed by atoms with Gasteiger partial charge in [0.1, 0.15) is 17.1 Å². The quantitative estimate of drug-likeness (QED) is 0.804. The number of imidazole rings is 1. The number of rotatable bonds is 4. The number of benzene rings is 1. The van der Waals surface area contributed by atoms with Crippen LogP contribution in [0.2, 0.25) is 0 Å². The van der Waals surface area contributed by atoms with E-state index in [-0.39, 0.29) is 5.91 Å². The molecule has 6 heteroatoms. The van der Waals surface area contributed by atoms with Gasteiger partial charge in [-0.3, -0.25) is 4.79 Å². The molecule has 1 amide bonds. The van der Waals surface area contributed by atoms with Crippen LogP contribution in [0.1, 0.15) is 10.4 Å². The third-order valence-electron chi connectivity index (χ3n) is 3.32. The van der Waals surface area contributed by atoms with Gasteiger partial charge in [-0.1, -0.05) is 6.07 Å². The van der Waals surface area contributed by atoms with Gasteiger partial charge in [0.2, 0.25) is 0 Å². The van der Waals surface area contributed by atoms with E-state index < -0.39 is 0 Å². The van der Waals surface area contributed by atoms with Crippen molar-refractivity contribution in [2.75, 3.05) is 19.5 Å². The van der Waals surface area contributed by atoms with E-state index in [0.29, 0.717) is 28.4 Å². The summed E-state index contributed by atoms with van der Waals surface area (Å²) < 4.78 is 12.3. The first-order chi connectivity index (χ1) is 10.7. The molecular weight excluding hydrogens is 282 g/mol. The largest absolute Gasteiger partial charge is 0.496 e. The SMILES string of the molecule is COc1cccc(OC)c1C(=O)Nc1cccn2ccnc12. The lowest BCUT2D eigenvalue weighted by Crippen LogP contribution is -2.15. The van der Waals surface area contributed by atoms with Crippen molar-refractivity contribution in [1.29, 1.82) is 0 Å². The zero-order chi connectivity index (χ0) is 15.5. The van der Waals surface area contributed by atoms with Crippen LogP contribution in [0.25, 0.3) is 5.65 Å². The minimum atomic E-state index is -0.314. The molecule has 3 rings (SSSR count). The minimum Gasteiger partial charge on any atom is -0.496 e. The van der Waals surface area contributed by atoms with Gasteiger partial charge in [-0.2, -0.15) is 0 Å². The zero-order valence-electron chi connectivity index (χ0n) is 12.2. The molecule has 2 heterocycles. The van der Waals surface area contributed by atoms with Crippen molar-refractivity contribution >= 4 is 17.2 Å². The molecule has 0 unspecified atom stereocenters. The summed E-state index contributed by atoms with van der Waals surface area (Å²) in [5, 5.41) is 2.85. The molecule has 0 aliphatic carbocycles. The van der Waals surface area contributed by atoms with E-state index in [1.54, 1.807) is 30.5 Å². The summed E-state index contributed by atoms with van der Waals surface area (Å²) >= 11 is 0. The molecule has 22 heavy (non-hydrogen) atoms. The van der Waals surface area contributed by atoms with Gasteiger partial charge in [0.15, 0.2) is 5.65 Å².